The second kappa shape index (κ2) is 5.50. The van der Waals surface area contributed by atoms with Gasteiger partial charge in [0.25, 0.3) is 0 Å². The van der Waals surface area contributed by atoms with Gasteiger partial charge in [-0.25, -0.2) is 0 Å². The fraction of sp³-hybridized carbons (Fsp3) is 0.750. The molecule has 0 bridgehead atoms. The average molecular weight is 256 g/mol. The summed E-state index contributed by atoms with van der Waals surface area (Å²) >= 11 is 6.51. The third-order valence-corrected chi connectivity index (χ3v) is 5.45. The number of thioether (sulfide) groups is 1. The van der Waals surface area contributed by atoms with Crippen molar-refractivity contribution in [3.63, 3.8) is 0 Å². The van der Waals surface area contributed by atoms with Crippen LogP contribution in [0, 0.1) is 5.41 Å². The molecule has 16 heavy (non-hydrogen) atoms. The molecule has 0 unspecified atom stereocenters. The molecule has 1 aliphatic carbocycles. The van der Waals surface area contributed by atoms with Crippen LogP contribution in [0.25, 0.3) is 0 Å². The Balaban J connectivity index is 1.91. The lowest BCUT2D eigenvalue weighted by Crippen LogP contribution is -2.28. The molecular formula is C12H20N2S2. The molecule has 2 rings (SSSR count). The van der Waals surface area contributed by atoms with E-state index in [9.17, 15) is 0 Å². The Bertz CT molecular complexity index is 330. The van der Waals surface area contributed by atoms with Gasteiger partial charge in [0.15, 0.2) is 0 Å². The monoisotopic (exact) mass is 256 g/mol. The summed E-state index contributed by atoms with van der Waals surface area (Å²) in [6, 6.07) is 0. The van der Waals surface area contributed by atoms with Crippen molar-refractivity contribution < 1.29 is 0 Å². The van der Waals surface area contributed by atoms with Gasteiger partial charge >= 0.3 is 0 Å². The maximum Gasteiger partial charge on any atom is 0.0625 e. The molecule has 0 radical (unpaired) electrons. The molecule has 1 aromatic heterocycles. The van der Waals surface area contributed by atoms with E-state index in [4.69, 9.17) is 0 Å². The molecule has 0 amide bonds. The standard InChI is InChI=1S/C12H20N2S2/c1-14-8-11(7-13-14)16-10-12(9-15)5-3-2-4-6-12/h7-8,15H,2-6,9-10H2,1H3. The Morgan fingerprint density at radius 3 is 2.75 bits per heavy atom. The lowest BCUT2D eigenvalue weighted by molar-refractivity contribution is 0.259. The third-order valence-electron chi connectivity index (χ3n) is 3.48. The average Bonchev–Trinajstić information content (AvgIpc) is 2.74. The van der Waals surface area contributed by atoms with E-state index in [0.717, 1.165) is 5.75 Å². The zero-order valence-corrected chi connectivity index (χ0v) is 11.6. The smallest absolute Gasteiger partial charge is 0.0625 e. The Kier molecular flexibility index (Phi) is 4.25. The van der Waals surface area contributed by atoms with Crippen molar-refractivity contribution in [3.8, 4) is 0 Å². The highest BCUT2D eigenvalue weighted by Crippen LogP contribution is 2.41. The lowest BCUT2D eigenvalue weighted by Gasteiger charge is -2.35. The summed E-state index contributed by atoms with van der Waals surface area (Å²) in [5, 5.41) is 4.21. The van der Waals surface area contributed by atoms with Crippen molar-refractivity contribution in [1.29, 1.82) is 0 Å². The van der Waals surface area contributed by atoms with E-state index in [1.165, 1.54) is 42.8 Å². The Morgan fingerprint density at radius 1 is 1.44 bits per heavy atom. The van der Waals surface area contributed by atoms with Crippen molar-refractivity contribution >= 4 is 24.4 Å². The molecule has 0 N–H and O–H groups in total. The van der Waals surface area contributed by atoms with Gasteiger partial charge in [0.1, 0.15) is 0 Å². The van der Waals surface area contributed by atoms with Crippen LogP contribution in [0.1, 0.15) is 32.1 Å². The van der Waals surface area contributed by atoms with Crippen LogP contribution in [0.5, 0.6) is 0 Å². The summed E-state index contributed by atoms with van der Waals surface area (Å²) < 4.78 is 1.87. The fourth-order valence-corrected chi connectivity index (χ4v) is 4.15. The Hall–Kier alpha value is -0.0900. The minimum absolute atomic E-state index is 0.474. The first-order valence-corrected chi connectivity index (χ1v) is 7.58. The minimum Gasteiger partial charge on any atom is -0.275 e. The van der Waals surface area contributed by atoms with Gasteiger partial charge in [-0.2, -0.15) is 17.7 Å². The summed E-state index contributed by atoms with van der Waals surface area (Å²) in [6.07, 6.45) is 10.9. The molecule has 0 spiro atoms. The van der Waals surface area contributed by atoms with Gasteiger partial charge in [0, 0.05) is 23.9 Å². The molecule has 1 saturated carbocycles. The second-order valence-electron chi connectivity index (χ2n) is 4.86. The van der Waals surface area contributed by atoms with E-state index >= 15 is 0 Å². The Morgan fingerprint density at radius 2 is 2.19 bits per heavy atom. The minimum atomic E-state index is 0.474. The van der Waals surface area contributed by atoms with E-state index in [-0.39, 0.29) is 0 Å². The quantitative estimate of drug-likeness (QED) is 0.657. The number of rotatable bonds is 4. The van der Waals surface area contributed by atoms with Crippen molar-refractivity contribution in [2.45, 2.75) is 37.0 Å². The van der Waals surface area contributed by atoms with E-state index < -0.39 is 0 Å². The topological polar surface area (TPSA) is 17.8 Å². The van der Waals surface area contributed by atoms with Crippen LogP contribution in [0.4, 0.5) is 0 Å². The van der Waals surface area contributed by atoms with Crippen LogP contribution in [0.15, 0.2) is 17.3 Å². The third kappa shape index (κ3) is 2.98. The van der Waals surface area contributed by atoms with Crippen LogP contribution in [-0.2, 0) is 7.05 Å². The maximum absolute atomic E-state index is 4.57. The van der Waals surface area contributed by atoms with Crippen molar-refractivity contribution in [2.75, 3.05) is 11.5 Å². The predicted octanol–water partition coefficient (Wildman–Crippen LogP) is 3.39. The Labute approximate surface area is 108 Å². The lowest BCUT2D eigenvalue weighted by atomic mass is 9.77. The van der Waals surface area contributed by atoms with Crippen LogP contribution >= 0.6 is 24.4 Å². The van der Waals surface area contributed by atoms with Crippen LogP contribution < -0.4 is 0 Å². The van der Waals surface area contributed by atoms with Gasteiger partial charge in [-0.05, 0) is 24.0 Å². The first-order valence-electron chi connectivity index (χ1n) is 5.96. The maximum atomic E-state index is 4.57. The summed E-state index contributed by atoms with van der Waals surface area (Å²) in [7, 11) is 1.97. The van der Waals surface area contributed by atoms with E-state index in [2.05, 4.69) is 23.9 Å². The molecule has 4 heteroatoms. The highest BCUT2D eigenvalue weighted by molar-refractivity contribution is 7.99. The number of aromatic nitrogens is 2. The number of thiol groups is 1. The van der Waals surface area contributed by atoms with E-state index in [1.54, 1.807) is 0 Å². The highest BCUT2D eigenvalue weighted by Gasteiger charge is 2.30. The molecule has 0 aliphatic heterocycles. The molecule has 1 fully saturated rings. The van der Waals surface area contributed by atoms with Crippen molar-refractivity contribution in [2.24, 2.45) is 12.5 Å². The molecule has 2 nitrogen and oxygen atoms in total. The van der Waals surface area contributed by atoms with Gasteiger partial charge < -0.3 is 0 Å². The van der Waals surface area contributed by atoms with Crippen molar-refractivity contribution in [3.05, 3.63) is 12.4 Å². The summed E-state index contributed by atoms with van der Waals surface area (Å²) in [6.45, 7) is 0. The molecular weight excluding hydrogens is 236 g/mol. The first-order chi connectivity index (χ1) is 7.74. The normalized spacial score (nSPS) is 19.9. The van der Waals surface area contributed by atoms with Gasteiger partial charge in [-0.15, -0.1) is 11.8 Å². The molecule has 90 valence electrons. The van der Waals surface area contributed by atoms with Crippen LogP contribution in [0.2, 0.25) is 0 Å². The van der Waals surface area contributed by atoms with Crippen molar-refractivity contribution in [1.82, 2.24) is 9.78 Å². The highest BCUT2D eigenvalue weighted by atomic mass is 32.2. The molecule has 1 heterocycles. The van der Waals surface area contributed by atoms with E-state index in [0.29, 0.717) is 5.41 Å². The first kappa shape index (κ1) is 12.4. The molecule has 1 aliphatic rings. The second-order valence-corrected chi connectivity index (χ2v) is 6.22. The number of hydrogen-bond donors (Lipinski definition) is 1. The number of hydrogen-bond acceptors (Lipinski definition) is 3. The number of nitrogens with zero attached hydrogens (tertiary/aromatic N) is 2. The molecule has 0 saturated heterocycles. The van der Waals surface area contributed by atoms with Gasteiger partial charge in [-0.3, -0.25) is 4.68 Å². The van der Waals surface area contributed by atoms with Gasteiger partial charge in [0.05, 0.1) is 6.20 Å². The summed E-state index contributed by atoms with van der Waals surface area (Å²) in [5.41, 5.74) is 0.474. The van der Waals surface area contributed by atoms with Gasteiger partial charge in [-0.1, -0.05) is 19.3 Å². The summed E-state index contributed by atoms with van der Waals surface area (Å²) in [5.74, 6) is 2.22. The van der Waals surface area contributed by atoms with Gasteiger partial charge in [0.2, 0.25) is 0 Å². The van der Waals surface area contributed by atoms with Crippen LogP contribution in [0.3, 0.4) is 0 Å². The largest absolute Gasteiger partial charge is 0.275 e. The van der Waals surface area contributed by atoms with Crippen LogP contribution in [-0.4, -0.2) is 21.3 Å². The zero-order valence-electron chi connectivity index (χ0n) is 9.85. The number of aryl methyl sites for hydroxylation is 1. The zero-order chi connectivity index (χ0) is 11.4. The van der Waals surface area contributed by atoms with E-state index in [1.807, 2.05) is 29.7 Å². The predicted molar refractivity (Wildman–Crippen MR) is 73.3 cm³/mol. The SMILES string of the molecule is Cn1cc(SCC2(CS)CCCCC2)cn1. The molecule has 0 aromatic carbocycles. The molecule has 1 aromatic rings. The molecule has 0 atom stereocenters. The summed E-state index contributed by atoms with van der Waals surface area (Å²) in [4.78, 5) is 1.29. The fourth-order valence-electron chi connectivity index (χ4n) is 2.36.